The molecule has 1 N–H and O–H groups in total. The van der Waals surface area contributed by atoms with Gasteiger partial charge in [-0.1, -0.05) is 17.7 Å². The number of aliphatic hydroxyl groups is 1. The molecular weight excluding hydrogens is 270 g/mol. The third-order valence-corrected chi connectivity index (χ3v) is 5.26. The highest BCUT2D eigenvalue weighted by Gasteiger charge is 2.17. The number of thiazole rings is 1. The molecule has 1 aromatic heterocycles. The summed E-state index contributed by atoms with van der Waals surface area (Å²) in [7, 11) is -3.36. The first kappa shape index (κ1) is 13.2. The molecule has 0 aliphatic carbocycles. The Morgan fingerprint density at radius 1 is 1.28 bits per heavy atom. The van der Waals surface area contributed by atoms with E-state index in [2.05, 4.69) is 4.98 Å². The molecule has 2 aromatic rings. The molecule has 0 saturated heterocycles. The second kappa shape index (κ2) is 5.17. The number of aliphatic hydroxyl groups excluding tert-OH is 1. The second-order valence-corrected chi connectivity index (χ2v) is 7.14. The minimum Gasteiger partial charge on any atom is -0.391 e. The van der Waals surface area contributed by atoms with Crippen LogP contribution >= 0.6 is 11.3 Å². The summed E-state index contributed by atoms with van der Waals surface area (Å²) in [4.78, 5) is 4.96. The summed E-state index contributed by atoms with van der Waals surface area (Å²) in [5.41, 5.74) is 1.02. The van der Waals surface area contributed by atoms with Crippen molar-refractivity contribution in [3.05, 3.63) is 45.9 Å². The van der Waals surface area contributed by atoms with Gasteiger partial charge in [0.1, 0.15) is 10.8 Å². The Labute approximate surface area is 110 Å². The topological polar surface area (TPSA) is 67.3 Å². The van der Waals surface area contributed by atoms with Gasteiger partial charge < -0.3 is 5.11 Å². The number of benzene rings is 1. The molecule has 0 aliphatic heterocycles. The number of aryl methyl sites for hydroxylation is 1. The van der Waals surface area contributed by atoms with Gasteiger partial charge in [0.05, 0.1) is 16.4 Å². The first-order valence-corrected chi connectivity index (χ1v) is 7.82. The molecule has 1 aromatic carbocycles. The molecule has 0 aliphatic rings. The molecule has 0 atom stereocenters. The third kappa shape index (κ3) is 2.95. The van der Waals surface area contributed by atoms with E-state index in [0.29, 0.717) is 14.8 Å². The Morgan fingerprint density at radius 2 is 1.94 bits per heavy atom. The number of nitrogens with zero attached hydrogens (tertiary/aromatic N) is 1. The van der Waals surface area contributed by atoms with Crippen molar-refractivity contribution in [2.45, 2.75) is 24.2 Å². The fraction of sp³-hybridized carbons (Fsp3) is 0.250. The maximum atomic E-state index is 12.1. The smallest absolute Gasteiger partial charge is 0.184 e. The van der Waals surface area contributed by atoms with Gasteiger partial charge in [0.2, 0.25) is 0 Å². The van der Waals surface area contributed by atoms with E-state index < -0.39 is 9.84 Å². The van der Waals surface area contributed by atoms with Crippen LogP contribution in [0.25, 0.3) is 0 Å². The van der Waals surface area contributed by atoms with Crippen LogP contribution in [0.4, 0.5) is 0 Å². The lowest BCUT2D eigenvalue weighted by Crippen LogP contribution is -2.04. The van der Waals surface area contributed by atoms with E-state index in [4.69, 9.17) is 5.11 Å². The summed E-state index contributed by atoms with van der Waals surface area (Å²) in [6.45, 7) is 1.80. The quantitative estimate of drug-likeness (QED) is 0.931. The molecule has 0 spiro atoms. The summed E-state index contributed by atoms with van der Waals surface area (Å²) in [5, 5.41) is 9.42. The molecule has 0 fully saturated rings. The van der Waals surface area contributed by atoms with Gasteiger partial charge >= 0.3 is 0 Å². The van der Waals surface area contributed by atoms with Crippen LogP contribution in [-0.2, 0) is 22.2 Å². The normalized spacial score (nSPS) is 11.7. The number of rotatable bonds is 4. The molecule has 18 heavy (non-hydrogen) atoms. The predicted molar refractivity (Wildman–Crippen MR) is 70.1 cm³/mol. The van der Waals surface area contributed by atoms with Gasteiger partial charge in [-0.3, -0.25) is 0 Å². The Bertz CT molecular complexity index is 630. The van der Waals surface area contributed by atoms with Gasteiger partial charge in [0.15, 0.2) is 9.84 Å². The number of hydrogen-bond acceptors (Lipinski definition) is 5. The molecular formula is C12H13NO3S2. The summed E-state index contributed by atoms with van der Waals surface area (Å²) in [6, 6.07) is 6.75. The standard InChI is InChI=1S/C12H13NO3S2/c1-9-2-4-11(5-3-9)18(15,16)8-12-13-6-10(7-14)17-12/h2-6,14H,7-8H2,1H3. The van der Waals surface area contributed by atoms with Crippen molar-refractivity contribution in [2.24, 2.45) is 0 Å². The number of sulfone groups is 1. The lowest BCUT2D eigenvalue weighted by molar-refractivity contribution is 0.285. The van der Waals surface area contributed by atoms with E-state index in [1.165, 1.54) is 17.5 Å². The monoisotopic (exact) mass is 283 g/mol. The highest BCUT2D eigenvalue weighted by molar-refractivity contribution is 7.90. The molecule has 0 saturated carbocycles. The maximum Gasteiger partial charge on any atom is 0.184 e. The minimum atomic E-state index is -3.36. The van der Waals surface area contributed by atoms with Crippen LogP contribution in [0.1, 0.15) is 15.4 Å². The van der Waals surface area contributed by atoms with Crippen molar-refractivity contribution in [3.8, 4) is 0 Å². The zero-order chi connectivity index (χ0) is 13.2. The molecule has 2 rings (SSSR count). The summed E-state index contributed by atoms with van der Waals surface area (Å²) in [5.74, 6) is -0.124. The van der Waals surface area contributed by atoms with E-state index in [1.807, 2.05) is 6.92 Å². The zero-order valence-electron chi connectivity index (χ0n) is 9.83. The van der Waals surface area contributed by atoms with Crippen molar-refractivity contribution >= 4 is 21.2 Å². The summed E-state index contributed by atoms with van der Waals surface area (Å²) in [6.07, 6.45) is 1.50. The zero-order valence-corrected chi connectivity index (χ0v) is 11.5. The maximum absolute atomic E-state index is 12.1. The van der Waals surface area contributed by atoms with Gasteiger partial charge in [0.25, 0.3) is 0 Å². The fourth-order valence-corrected chi connectivity index (χ4v) is 3.88. The minimum absolute atomic E-state index is 0.109. The average molecular weight is 283 g/mol. The SMILES string of the molecule is Cc1ccc(S(=O)(=O)Cc2ncc(CO)s2)cc1. The van der Waals surface area contributed by atoms with E-state index in [1.54, 1.807) is 24.3 Å². The number of aromatic nitrogens is 1. The Hall–Kier alpha value is -1.24. The lowest BCUT2D eigenvalue weighted by atomic mass is 10.2. The fourth-order valence-electron chi connectivity index (χ4n) is 1.48. The van der Waals surface area contributed by atoms with Crippen LogP contribution in [0, 0.1) is 6.92 Å². The lowest BCUT2D eigenvalue weighted by Gasteiger charge is -2.02. The molecule has 0 radical (unpaired) electrons. The highest BCUT2D eigenvalue weighted by atomic mass is 32.2. The van der Waals surface area contributed by atoms with E-state index in [-0.39, 0.29) is 12.4 Å². The molecule has 0 amide bonds. The van der Waals surface area contributed by atoms with E-state index >= 15 is 0 Å². The van der Waals surface area contributed by atoms with Crippen molar-refractivity contribution in [1.82, 2.24) is 4.98 Å². The van der Waals surface area contributed by atoms with Gasteiger partial charge in [-0.2, -0.15) is 0 Å². The Kier molecular flexibility index (Phi) is 3.79. The van der Waals surface area contributed by atoms with Crippen LogP contribution in [0.5, 0.6) is 0 Å². The largest absolute Gasteiger partial charge is 0.391 e. The van der Waals surface area contributed by atoms with Gasteiger partial charge in [-0.05, 0) is 19.1 Å². The molecule has 96 valence electrons. The van der Waals surface area contributed by atoms with Crippen LogP contribution in [0.3, 0.4) is 0 Å². The van der Waals surface area contributed by atoms with Crippen LogP contribution in [-0.4, -0.2) is 18.5 Å². The van der Waals surface area contributed by atoms with Gasteiger partial charge in [-0.25, -0.2) is 13.4 Å². The highest BCUT2D eigenvalue weighted by Crippen LogP contribution is 2.20. The summed E-state index contributed by atoms with van der Waals surface area (Å²) < 4.78 is 24.2. The predicted octanol–water partition coefficient (Wildman–Crippen LogP) is 1.92. The molecule has 0 unspecified atom stereocenters. The van der Waals surface area contributed by atoms with Crippen LogP contribution in [0.15, 0.2) is 35.4 Å². The van der Waals surface area contributed by atoms with Crippen molar-refractivity contribution < 1.29 is 13.5 Å². The van der Waals surface area contributed by atoms with Crippen LogP contribution in [0.2, 0.25) is 0 Å². The molecule has 0 bridgehead atoms. The van der Waals surface area contributed by atoms with E-state index in [0.717, 1.165) is 5.56 Å². The van der Waals surface area contributed by atoms with Crippen molar-refractivity contribution in [1.29, 1.82) is 0 Å². The Balaban J connectivity index is 2.24. The van der Waals surface area contributed by atoms with Crippen molar-refractivity contribution in [2.75, 3.05) is 0 Å². The second-order valence-electron chi connectivity index (χ2n) is 3.95. The summed E-state index contributed by atoms with van der Waals surface area (Å²) >= 11 is 1.22. The third-order valence-electron chi connectivity index (χ3n) is 2.45. The Morgan fingerprint density at radius 3 is 2.50 bits per heavy atom. The van der Waals surface area contributed by atoms with Crippen molar-refractivity contribution in [3.63, 3.8) is 0 Å². The average Bonchev–Trinajstić information content (AvgIpc) is 2.76. The van der Waals surface area contributed by atoms with Gasteiger partial charge in [0, 0.05) is 6.20 Å². The first-order valence-electron chi connectivity index (χ1n) is 5.35. The van der Waals surface area contributed by atoms with Gasteiger partial charge in [-0.15, -0.1) is 11.3 Å². The molecule has 1 heterocycles. The van der Waals surface area contributed by atoms with E-state index in [9.17, 15) is 8.42 Å². The molecule has 4 nitrogen and oxygen atoms in total. The van der Waals surface area contributed by atoms with Crippen LogP contribution < -0.4 is 0 Å². The first-order chi connectivity index (χ1) is 8.51. The molecule has 6 heteroatoms. The number of hydrogen-bond donors (Lipinski definition) is 1.